The molecule has 1 fully saturated rings. The van der Waals surface area contributed by atoms with Gasteiger partial charge >= 0.3 is 0 Å². The van der Waals surface area contributed by atoms with E-state index in [0.29, 0.717) is 17.6 Å². The first kappa shape index (κ1) is 17.5. The Morgan fingerprint density at radius 3 is 2.84 bits per heavy atom. The molecule has 6 nitrogen and oxygen atoms in total. The van der Waals surface area contributed by atoms with E-state index in [2.05, 4.69) is 29.4 Å². The lowest BCUT2D eigenvalue weighted by atomic mass is 10.1. The van der Waals surface area contributed by atoms with E-state index in [1.165, 1.54) is 11.3 Å². The normalized spacial score (nSPS) is 18.4. The Bertz CT molecular complexity index is 747. The lowest BCUT2D eigenvalue weighted by Crippen LogP contribution is -2.28. The van der Waals surface area contributed by atoms with E-state index in [1.54, 1.807) is 4.90 Å². The van der Waals surface area contributed by atoms with Crippen molar-refractivity contribution >= 4 is 34.0 Å². The van der Waals surface area contributed by atoms with Crippen LogP contribution in [0.3, 0.4) is 0 Å². The molecule has 1 aliphatic heterocycles. The summed E-state index contributed by atoms with van der Waals surface area (Å²) in [6.45, 7) is 4.64. The minimum Gasteiger partial charge on any atom is -0.312 e. The fourth-order valence-corrected chi connectivity index (χ4v) is 3.82. The van der Waals surface area contributed by atoms with Crippen molar-refractivity contribution in [1.29, 1.82) is 0 Å². The number of carbonyl (C=O) groups excluding carboxylic acids is 2. The predicted octanol–water partition coefficient (Wildman–Crippen LogP) is 3.43. The van der Waals surface area contributed by atoms with Crippen LogP contribution in [-0.2, 0) is 9.59 Å². The molecule has 1 aliphatic rings. The quantitative estimate of drug-likeness (QED) is 0.858. The smallest absolute Gasteiger partial charge is 0.231 e. The highest BCUT2D eigenvalue weighted by molar-refractivity contribution is 7.15. The zero-order valence-electron chi connectivity index (χ0n) is 14.4. The van der Waals surface area contributed by atoms with Gasteiger partial charge in [-0.05, 0) is 18.6 Å². The minimum atomic E-state index is -0.367. The van der Waals surface area contributed by atoms with Crippen LogP contribution in [0.5, 0.6) is 0 Å². The SMILES string of the molecule is CCCC(C)c1nnc(NC(=O)C2CC(=O)N(c3ccccc3)C2)s1. The number of hydrogen-bond acceptors (Lipinski definition) is 5. The highest BCUT2D eigenvalue weighted by atomic mass is 32.1. The van der Waals surface area contributed by atoms with Gasteiger partial charge in [0, 0.05) is 24.6 Å². The maximum atomic E-state index is 12.5. The zero-order valence-corrected chi connectivity index (χ0v) is 15.3. The number of aromatic nitrogens is 2. The van der Waals surface area contributed by atoms with Crippen LogP contribution in [0.25, 0.3) is 0 Å². The summed E-state index contributed by atoms with van der Waals surface area (Å²) in [4.78, 5) is 26.4. The highest BCUT2D eigenvalue weighted by Crippen LogP contribution is 2.28. The van der Waals surface area contributed by atoms with Crippen molar-refractivity contribution in [2.45, 2.75) is 39.0 Å². The van der Waals surface area contributed by atoms with Gasteiger partial charge in [0.15, 0.2) is 0 Å². The predicted molar refractivity (Wildman–Crippen MR) is 98.8 cm³/mol. The molecule has 2 heterocycles. The number of para-hydroxylation sites is 1. The largest absolute Gasteiger partial charge is 0.312 e. The summed E-state index contributed by atoms with van der Waals surface area (Å²) in [6, 6.07) is 9.43. The van der Waals surface area contributed by atoms with Crippen molar-refractivity contribution in [2.75, 3.05) is 16.8 Å². The molecule has 132 valence electrons. The molecule has 0 spiro atoms. The van der Waals surface area contributed by atoms with Crippen LogP contribution in [-0.4, -0.2) is 28.6 Å². The maximum Gasteiger partial charge on any atom is 0.231 e. The summed E-state index contributed by atoms with van der Waals surface area (Å²) in [5.74, 6) is -0.221. The van der Waals surface area contributed by atoms with E-state index in [0.717, 1.165) is 23.5 Å². The van der Waals surface area contributed by atoms with E-state index in [1.807, 2.05) is 30.3 Å². The number of amides is 2. The second-order valence-corrected chi connectivity index (χ2v) is 7.37. The van der Waals surface area contributed by atoms with Gasteiger partial charge in [-0.1, -0.05) is 49.8 Å². The van der Waals surface area contributed by atoms with Crippen molar-refractivity contribution in [2.24, 2.45) is 5.92 Å². The van der Waals surface area contributed by atoms with Crippen LogP contribution in [0.2, 0.25) is 0 Å². The summed E-state index contributed by atoms with van der Waals surface area (Å²) >= 11 is 1.41. The fraction of sp³-hybridized carbons (Fsp3) is 0.444. The topological polar surface area (TPSA) is 75.2 Å². The van der Waals surface area contributed by atoms with E-state index >= 15 is 0 Å². The summed E-state index contributed by atoms with van der Waals surface area (Å²) in [6.07, 6.45) is 2.35. The van der Waals surface area contributed by atoms with Crippen LogP contribution in [0.1, 0.15) is 44.0 Å². The molecule has 0 saturated carbocycles. The van der Waals surface area contributed by atoms with Crippen molar-refractivity contribution in [3.8, 4) is 0 Å². The Balaban J connectivity index is 1.62. The molecule has 1 aromatic heterocycles. The van der Waals surface area contributed by atoms with Gasteiger partial charge in [-0.2, -0.15) is 0 Å². The van der Waals surface area contributed by atoms with Gasteiger partial charge in [0.05, 0.1) is 5.92 Å². The highest BCUT2D eigenvalue weighted by Gasteiger charge is 2.35. The molecule has 25 heavy (non-hydrogen) atoms. The Morgan fingerprint density at radius 2 is 2.12 bits per heavy atom. The molecule has 1 saturated heterocycles. The van der Waals surface area contributed by atoms with E-state index < -0.39 is 0 Å². The molecule has 3 rings (SSSR count). The number of rotatable bonds is 6. The lowest BCUT2D eigenvalue weighted by molar-refractivity contribution is -0.122. The third-order valence-electron chi connectivity index (χ3n) is 4.38. The Labute approximate surface area is 151 Å². The Kier molecular flexibility index (Phi) is 5.43. The zero-order chi connectivity index (χ0) is 17.8. The van der Waals surface area contributed by atoms with Crippen molar-refractivity contribution in [3.63, 3.8) is 0 Å². The van der Waals surface area contributed by atoms with E-state index in [4.69, 9.17) is 0 Å². The molecule has 7 heteroatoms. The first-order valence-electron chi connectivity index (χ1n) is 8.58. The lowest BCUT2D eigenvalue weighted by Gasteiger charge is -2.16. The van der Waals surface area contributed by atoms with Crippen LogP contribution in [0.4, 0.5) is 10.8 Å². The van der Waals surface area contributed by atoms with Gasteiger partial charge in [-0.3, -0.25) is 9.59 Å². The Morgan fingerprint density at radius 1 is 1.36 bits per heavy atom. The number of nitrogens with zero attached hydrogens (tertiary/aromatic N) is 3. The molecule has 2 atom stereocenters. The molecular weight excluding hydrogens is 336 g/mol. The molecule has 0 bridgehead atoms. The van der Waals surface area contributed by atoms with Crippen LogP contribution in [0.15, 0.2) is 30.3 Å². The summed E-state index contributed by atoms with van der Waals surface area (Å²) in [5, 5.41) is 12.5. The number of hydrogen-bond donors (Lipinski definition) is 1. The summed E-state index contributed by atoms with van der Waals surface area (Å²) in [7, 11) is 0. The second-order valence-electron chi connectivity index (χ2n) is 6.37. The van der Waals surface area contributed by atoms with Gasteiger partial charge in [0.1, 0.15) is 5.01 Å². The molecule has 2 amide bonds. The molecule has 0 aliphatic carbocycles. The Hall–Kier alpha value is -2.28. The van der Waals surface area contributed by atoms with Crippen LogP contribution < -0.4 is 10.2 Å². The van der Waals surface area contributed by atoms with Gasteiger partial charge < -0.3 is 10.2 Å². The first-order chi connectivity index (χ1) is 12.1. The average molecular weight is 358 g/mol. The number of nitrogens with one attached hydrogen (secondary N) is 1. The number of benzene rings is 1. The molecular formula is C18H22N4O2S. The molecule has 2 aromatic rings. The number of carbonyl (C=O) groups is 2. The molecule has 2 unspecified atom stereocenters. The fourth-order valence-electron chi connectivity index (χ4n) is 2.99. The molecule has 0 radical (unpaired) electrons. The van der Waals surface area contributed by atoms with E-state index in [9.17, 15) is 9.59 Å². The van der Waals surface area contributed by atoms with Crippen molar-refractivity contribution in [1.82, 2.24) is 10.2 Å². The molecule has 1 aromatic carbocycles. The monoisotopic (exact) mass is 358 g/mol. The van der Waals surface area contributed by atoms with E-state index in [-0.39, 0.29) is 24.2 Å². The van der Waals surface area contributed by atoms with Gasteiger partial charge in [-0.25, -0.2) is 0 Å². The first-order valence-corrected chi connectivity index (χ1v) is 9.39. The van der Waals surface area contributed by atoms with Gasteiger partial charge in [-0.15, -0.1) is 10.2 Å². The summed E-state index contributed by atoms with van der Waals surface area (Å²) in [5.41, 5.74) is 0.828. The van der Waals surface area contributed by atoms with Crippen molar-refractivity contribution in [3.05, 3.63) is 35.3 Å². The number of anilines is 2. The maximum absolute atomic E-state index is 12.5. The second kappa shape index (κ2) is 7.74. The molecule has 1 N–H and O–H groups in total. The van der Waals surface area contributed by atoms with Crippen LogP contribution >= 0.6 is 11.3 Å². The van der Waals surface area contributed by atoms with Gasteiger partial charge in [0.25, 0.3) is 0 Å². The third-order valence-corrected chi connectivity index (χ3v) is 5.45. The van der Waals surface area contributed by atoms with Gasteiger partial charge in [0.2, 0.25) is 16.9 Å². The summed E-state index contributed by atoms with van der Waals surface area (Å²) < 4.78 is 0. The minimum absolute atomic E-state index is 0.0270. The van der Waals surface area contributed by atoms with Crippen molar-refractivity contribution < 1.29 is 9.59 Å². The van der Waals surface area contributed by atoms with Crippen LogP contribution in [0, 0.1) is 5.92 Å². The third kappa shape index (κ3) is 4.04. The standard InChI is InChI=1S/C18H22N4O2S/c1-3-7-12(2)17-20-21-18(25-17)19-16(24)13-10-15(23)22(11-13)14-8-5-4-6-9-14/h4-6,8-9,12-13H,3,7,10-11H2,1-2H3,(H,19,21,24). The average Bonchev–Trinajstić information content (AvgIpc) is 3.23.